The van der Waals surface area contributed by atoms with Gasteiger partial charge in [0.05, 0.1) is 0 Å². The van der Waals surface area contributed by atoms with E-state index in [-0.39, 0.29) is 18.6 Å². The third-order valence-corrected chi connectivity index (χ3v) is 3.73. The second-order valence-corrected chi connectivity index (χ2v) is 5.27. The molecule has 3 atom stereocenters. The third-order valence-electron chi connectivity index (χ3n) is 3.73. The maximum atomic E-state index is 13.7. The summed E-state index contributed by atoms with van der Waals surface area (Å²) in [5, 5.41) is 11.4. The van der Waals surface area contributed by atoms with E-state index in [1.54, 1.807) is 0 Å². The SMILES string of the molecule is COCCC(NC(=O)C1CC1c1cccc(F)c1F)C(=O)O. The summed E-state index contributed by atoms with van der Waals surface area (Å²) in [5.74, 6) is -4.45. The fourth-order valence-corrected chi connectivity index (χ4v) is 2.41. The summed E-state index contributed by atoms with van der Waals surface area (Å²) in [6, 6.07) is 2.79. The van der Waals surface area contributed by atoms with Crippen molar-refractivity contribution >= 4 is 11.9 Å². The first kappa shape index (κ1) is 16.4. The number of hydrogen-bond donors (Lipinski definition) is 2. The lowest BCUT2D eigenvalue weighted by atomic mass is 10.1. The third kappa shape index (κ3) is 3.59. The Kier molecular flexibility index (Phi) is 5.07. The molecule has 0 bridgehead atoms. The van der Waals surface area contributed by atoms with E-state index in [2.05, 4.69) is 5.32 Å². The first-order valence-corrected chi connectivity index (χ1v) is 6.91. The van der Waals surface area contributed by atoms with E-state index in [9.17, 15) is 18.4 Å². The van der Waals surface area contributed by atoms with Crippen molar-refractivity contribution < 1.29 is 28.2 Å². The standard InChI is InChI=1S/C15H17F2NO4/c1-22-6-5-12(15(20)21)18-14(19)10-7-9(10)8-3-2-4-11(16)13(8)17/h2-4,9-10,12H,5-7H2,1H3,(H,18,19)(H,20,21). The van der Waals surface area contributed by atoms with Crippen LogP contribution in [0.2, 0.25) is 0 Å². The van der Waals surface area contributed by atoms with Gasteiger partial charge in [-0.2, -0.15) is 0 Å². The van der Waals surface area contributed by atoms with Gasteiger partial charge in [0.15, 0.2) is 11.6 Å². The Morgan fingerprint density at radius 2 is 2.18 bits per heavy atom. The van der Waals surface area contributed by atoms with Crippen molar-refractivity contribution in [3.8, 4) is 0 Å². The van der Waals surface area contributed by atoms with E-state index >= 15 is 0 Å². The first-order valence-electron chi connectivity index (χ1n) is 6.91. The molecule has 0 aliphatic heterocycles. The van der Waals surface area contributed by atoms with Crippen LogP contribution < -0.4 is 5.32 Å². The quantitative estimate of drug-likeness (QED) is 0.803. The summed E-state index contributed by atoms with van der Waals surface area (Å²) in [7, 11) is 1.43. The predicted molar refractivity (Wildman–Crippen MR) is 73.3 cm³/mol. The molecule has 7 heteroatoms. The molecule has 1 aromatic rings. The second kappa shape index (κ2) is 6.83. The highest BCUT2D eigenvalue weighted by Gasteiger charge is 2.46. The summed E-state index contributed by atoms with van der Waals surface area (Å²) < 4.78 is 31.6. The zero-order chi connectivity index (χ0) is 16.3. The first-order chi connectivity index (χ1) is 10.5. The highest BCUT2D eigenvalue weighted by atomic mass is 19.2. The van der Waals surface area contributed by atoms with Crippen molar-refractivity contribution in [1.82, 2.24) is 5.32 Å². The minimum atomic E-state index is -1.15. The van der Waals surface area contributed by atoms with Crippen molar-refractivity contribution in [1.29, 1.82) is 0 Å². The van der Waals surface area contributed by atoms with Crippen molar-refractivity contribution in [3.05, 3.63) is 35.4 Å². The van der Waals surface area contributed by atoms with Gasteiger partial charge >= 0.3 is 5.97 Å². The number of hydrogen-bond acceptors (Lipinski definition) is 3. The Balaban J connectivity index is 1.98. The predicted octanol–water partition coefficient (Wildman–Crippen LogP) is 1.67. The normalized spacial score (nSPS) is 21.2. The number of rotatable bonds is 7. The molecule has 1 aliphatic rings. The van der Waals surface area contributed by atoms with Crippen molar-refractivity contribution in [2.45, 2.75) is 24.8 Å². The van der Waals surface area contributed by atoms with Crippen LogP contribution in [0.5, 0.6) is 0 Å². The zero-order valence-corrected chi connectivity index (χ0v) is 12.0. The van der Waals surface area contributed by atoms with Gasteiger partial charge in [0.1, 0.15) is 6.04 Å². The Morgan fingerprint density at radius 1 is 1.45 bits per heavy atom. The van der Waals surface area contributed by atoms with Crippen LogP contribution in [-0.4, -0.2) is 36.7 Å². The summed E-state index contributed by atoms with van der Waals surface area (Å²) in [5.41, 5.74) is 0.156. The minimum Gasteiger partial charge on any atom is -0.480 e. The molecule has 0 aromatic heterocycles. The fraction of sp³-hybridized carbons (Fsp3) is 0.467. The molecule has 2 rings (SSSR count). The molecule has 2 N–H and O–H groups in total. The summed E-state index contributed by atoms with van der Waals surface area (Å²) in [6.45, 7) is 0.198. The maximum absolute atomic E-state index is 13.7. The number of carbonyl (C=O) groups excluding carboxylic acids is 1. The van der Waals surface area contributed by atoms with Gasteiger partial charge in [0, 0.05) is 26.1 Å². The topological polar surface area (TPSA) is 75.6 Å². The molecule has 0 heterocycles. The number of ether oxygens (including phenoxy) is 1. The summed E-state index contributed by atoms with van der Waals surface area (Å²) >= 11 is 0. The van der Waals surface area contributed by atoms with Crippen LogP contribution in [0.25, 0.3) is 0 Å². The maximum Gasteiger partial charge on any atom is 0.326 e. The number of halogens is 2. The minimum absolute atomic E-state index is 0.142. The van der Waals surface area contributed by atoms with Gasteiger partial charge in [-0.1, -0.05) is 12.1 Å². The Morgan fingerprint density at radius 3 is 2.82 bits per heavy atom. The molecule has 0 spiro atoms. The molecule has 1 saturated carbocycles. The van der Waals surface area contributed by atoms with Crippen LogP contribution in [-0.2, 0) is 14.3 Å². The smallest absolute Gasteiger partial charge is 0.326 e. The van der Waals surface area contributed by atoms with Crippen LogP contribution >= 0.6 is 0 Å². The highest BCUT2D eigenvalue weighted by molar-refractivity contribution is 5.87. The van der Waals surface area contributed by atoms with Crippen molar-refractivity contribution in [2.24, 2.45) is 5.92 Å². The average Bonchev–Trinajstić information content (AvgIpc) is 3.26. The molecule has 22 heavy (non-hydrogen) atoms. The van der Waals surface area contributed by atoms with Gasteiger partial charge in [0.2, 0.25) is 5.91 Å². The number of carboxylic acids is 1. The monoisotopic (exact) mass is 313 g/mol. The molecule has 3 unspecified atom stereocenters. The molecule has 1 fully saturated rings. The Hall–Kier alpha value is -2.02. The van der Waals surface area contributed by atoms with Gasteiger partial charge in [-0.05, 0) is 24.0 Å². The van der Waals surface area contributed by atoms with E-state index in [1.165, 1.54) is 19.2 Å². The largest absolute Gasteiger partial charge is 0.480 e. The van der Waals surface area contributed by atoms with Gasteiger partial charge in [-0.25, -0.2) is 13.6 Å². The molecule has 0 saturated heterocycles. The molecular weight excluding hydrogens is 296 g/mol. The summed E-state index contributed by atoms with van der Waals surface area (Å²) in [4.78, 5) is 23.1. The molecule has 120 valence electrons. The van der Waals surface area contributed by atoms with Gasteiger partial charge in [-0.15, -0.1) is 0 Å². The van der Waals surface area contributed by atoms with Gasteiger partial charge in [-0.3, -0.25) is 4.79 Å². The van der Waals surface area contributed by atoms with E-state index < -0.39 is 41.4 Å². The summed E-state index contributed by atoms with van der Waals surface area (Å²) in [6.07, 6.45) is 0.520. The van der Waals surface area contributed by atoms with E-state index in [1.807, 2.05) is 0 Å². The van der Waals surface area contributed by atoms with E-state index in [0.717, 1.165) is 6.07 Å². The fourth-order valence-electron chi connectivity index (χ4n) is 2.41. The van der Waals surface area contributed by atoms with Crippen molar-refractivity contribution in [2.75, 3.05) is 13.7 Å². The number of benzene rings is 1. The molecule has 1 amide bonds. The van der Waals surface area contributed by atoms with Crippen LogP contribution in [0.15, 0.2) is 18.2 Å². The van der Waals surface area contributed by atoms with Gasteiger partial charge < -0.3 is 15.2 Å². The number of amides is 1. The van der Waals surface area contributed by atoms with Crippen LogP contribution in [0.1, 0.15) is 24.3 Å². The highest BCUT2D eigenvalue weighted by Crippen LogP contribution is 2.48. The molecule has 5 nitrogen and oxygen atoms in total. The van der Waals surface area contributed by atoms with E-state index in [0.29, 0.717) is 6.42 Å². The molecule has 1 aromatic carbocycles. The lowest BCUT2D eigenvalue weighted by Crippen LogP contribution is -2.42. The number of methoxy groups -OCH3 is 1. The number of aliphatic carboxylic acids is 1. The molecule has 0 radical (unpaired) electrons. The molecular formula is C15H17F2NO4. The average molecular weight is 313 g/mol. The zero-order valence-electron chi connectivity index (χ0n) is 12.0. The van der Waals surface area contributed by atoms with Gasteiger partial charge in [0.25, 0.3) is 0 Å². The Labute approximate surface area is 126 Å². The molecule has 1 aliphatic carbocycles. The lowest BCUT2D eigenvalue weighted by Gasteiger charge is -2.14. The van der Waals surface area contributed by atoms with Crippen LogP contribution in [0.3, 0.4) is 0 Å². The Bertz CT molecular complexity index is 579. The second-order valence-electron chi connectivity index (χ2n) is 5.27. The van der Waals surface area contributed by atoms with Crippen LogP contribution in [0.4, 0.5) is 8.78 Å². The number of carboxylic acid groups (broad SMARTS) is 1. The number of nitrogens with one attached hydrogen (secondary N) is 1. The van der Waals surface area contributed by atoms with Crippen molar-refractivity contribution in [3.63, 3.8) is 0 Å². The van der Waals surface area contributed by atoms with Crippen LogP contribution in [0, 0.1) is 17.6 Å². The van der Waals surface area contributed by atoms with E-state index in [4.69, 9.17) is 9.84 Å². The lowest BCUT2D eigenvalue weighted by molar-refractivity contribution is -0.142. The number of carbonyl (C=O) groups is 2.